The molecule has 1 unspecified atom stereocenters. The lowest BCUT2D eigenvalue weighted by Gasteiger charge is -2.13. The van der Waals surface area contributed by atoms with E-state index in [1.807, 2.05) is 0 Å². The van der Waals surface area contributed by atoms with Gasteiger partial charge in [-0.2, -0.15) is 0 Å². The smallest absolute Gasteiger partial charge is 0.326 e. The second kappa shape index (κ2) is 6.65. The van der Waals surface area contributed by atoms with Gasteiger partial charge in [-0.25, -0.2) is 4.79 Å². The Morgan fingerprint density at radius 2 is 2.00 bits per heavy atom. The molecule has 0 bridgehead atoms. The first kappa shape index (κ1) is 13.2. The highest BCUT2D eigenvalue weighted by Gasteiger charge is 2.19. The first-order chi connectivity index (χ1) is 8.15. The number of hydrogen-bond donors (Lipinski definition) is 2. The van der Waals surface area contributed by atoms with Gasteiger partial charge in [0.05, 0.1) is 0 Å². The molecular weight excluding hydrogens is 222 g/mol. The quantitative estimate of drug-likeness (QED) is 0.771. The van der Waals surface area contributed by atoms with Crippen LogP contribution < -0.4 is 5.32 Å². The Kier molecular flexibility index (Phi) is 5.16. The van der Waals surface area contributed by atoms with E-state index >= 15 is 0 Å². The highest BCUT2D eigenvalue weighted by Crippen LogP contribution is 2.01. The van der Waals surface area contributed by atoms with Crippen molar-refractivity contribution in [2.45, 2.75) is 12.5 Å². The highest BCUT2D eigenvalue weighted by molar-refractivity contribution is 5.96. The number of aliphatic carboxylic acids is 1. The van der Waals surface area contributed by atoms with E-state index in [1.54, 1.807) is 30.3 Å². The van der Waals surface area contributed by atoms with Crippen molar-refractivity contribution in [1.82, 2.24) is 5.32 Å². The summed E-state index contributed by atoms with van der Waals surface area (Å²) in [6, 6.07) is 7.56. The van der Waals surface area contributed by atoms with E-state index in [2.05, 4.69) is 5.32 Å². The van der Waals surface area contributed by atoms with E-state index in [-0.39, 0.29) is 13.0 Å². The van der Waals surface area contributed by atoms with Gasteiger partial charge in [-0.05, 0) is 12.1 Å². The van der Waals surface area contributed by atoms with Gasteiger partial charge in [-0.1, -0.05) is 18.2 Å². The fourth-order valence-electron chi connectivity index (χ4n) is 1.32. The third-order valence-electron chi connectivity index (χ3n) is 2.25. The fourth-order valence-corrected chi connectivity index (χ4v) is 1.32. The molecule has 0 aliphatic rings. The molecule has 5 nitrogen and oxygen atoms in total. The maximum atomic E-state index is 11.7. The van der Waals surface area contributed by atoms with Crippen LogP contribution in [0.3, 0.4) is 0 Å². The molecule has 0 radical (unpaired) electrons. The molecule has 2 N–H and O–H groups in total. The molecule has 1 atom stereocenters. The van der Waals surface area contributed by atoms with Crippen molar-refractivity contribution < 1.29 is 19.4 Å². The monoisotopic (exact) mass is 237 g/mol. The normalized spacial score (nSPS) is 11.8. The van der Waals surface area contributed by atoms with Crippen LogP contribution in [-0.2, 0) is 9.53 Å². The third-order valence-corrected chi connectivity index (χ3v) is 2.25. The number of ether oxygens (including phenoxy) is 1. The minimum atomic E-state index is -1.06. The number of nitrogens with one attached hydrogen (secondary N) is 1. The summed E-state index contributed by atoms with van der Waals surface area (Å²) in [5.41, 5.74) is 0.441. The van der Waals surface area contributed by atoms with Crippen LogP contribution in [0.2, 0.25) is 0 Å². The summed E-state index contributed by atoms with van der Waals surface area (Å²) in [5.74, 6) is -1.46. The van der Waals surface area contributed by atoms with Gasteiger partial charge in [0, 0.05) is 25.7 Å². The van der Waals surface area contributed by atoms with Crippen LogP contribution in [0.1, 0.15) is 16.8 Å². The van der Waals surface area contributed by atoms with E-state index in [4.69, 9.17) is 9.84 Å². The molecule has 1 aromatic carbocycles. The second-order valence-electron chi connectivity index (χ2n) is 3.51. The molecule has 0 saturated carbocycles. The van der Waals surface area contributed by atoms with Crippen LogP contribution in [-0.4, -0.2) is 36.7 Å². The highest BCUT2D eigenvalue weighted by atomic mass is 16.5. The fraction of sp³-hybridized carbons (Fsp3) is 0.333. The number of carbonyl (C=O) groups is 2. The van der Waals surface area contributed by atoms with Crippen molar-refractivity contribution in [3.05, 3.63) is 35.9 Å². The molecule has 0 spiro atoms. The number of carbonyl (C=O) groups excluding carboxylic acids is 1. The van der Waals surface area contributed by atoms with Gasteiger partial charge in [0.2, 0.25) is 0 Å². The molecule has 1 aromatic rings. The third kappa shape index (κ3) is 4.24. The van der Waals surface area contributed by atoms with Crippen LogP contribution in [0.25, 0.3) is 0 Å². The molecule has 0 aromatic heterocycles. The molecule has 0 saturated heterocycles. The van der Waals surface area contributed by atoms with Crippen LogP contribution >= 0.6 is 0 Å². The van der Waals surface area contributed by atoms with Crippen molar-refractivity contribution in [3.8, 4) is 0 Å². The van der Waals surface area contributed by atoms with Gasteiger partial charge in [-0.15, -0.1) is 0 Å². The molecular formula is C12H15NO4. The zero-order valence-electron chi connectivity index (χ0n) is 9.55. The summed E-state index contributed by atoms with van der Waals surface area (Å²) < 4.78 is 4.80. The van der Waals surface area contributed by atoms with Gasteiger partial charge in [0.25, 0.3) is 5.91 Å². The standard InChI is InChI=1S/C12H15NO4/c1-17-8-7-10(12(15)16)13-11(14)9-5-3-2-4-6-9/h2-6,10H,7-8H2,1H3,(H,13,14)(H,15,16). The molecule has 92 valence electrons. The van der Waals surface area contributed by atoms with Crippen molar-refractivity contribution in [2.24, 2.45) is 0 Å². The number of methoxy groups -OCH3 is 1. The summed E-state index contributed by atoms with van der Waals surface area (Å²) in [4.78, 5) is 22.6. The predicted molar refractivity (Wildman–Crippen MR) is 61.8 cm³/mol. The Balaban J connectivity index is 2.61. The number of carboxylic acids is 1. The average molecular weight is 237 g/mol. The lowest BCUT2D eigenvalue weighted by molar-refractivity contribution is -0.139. The van der Waals surface area contributed by atoms with Crippen LogP contribution in [0.5, 0.6) is 0 Å². The van der Waals surface area contributed by atoms with Crippen LogP contribution in [0.4, 0.5) is 0 Å². The van der Waals surface area contributed by atoms with Gasteiger partial charge in [0.15, 0.2) is 0 Å². The number of benzene rings is 1. The Hall–Kier alpha value is -1.88. The minimum Gasteiger partial charge on any atom is -0.480 e. The molecule has 0 aliphatic carbocycles. The number of amides is 1. The Labute approximate surface area is 99.4 Å². The van der Waals surface area contributed by atoms with Crippen molar-refractivity contribution in [3.63, 3.8) is 0 Å². The minimum absolute atomic E-state index is 0.240. The Bertz CT molecular complexity index is 377. The lowest BCUT2D eigenvalue weighted by atomic mass is 10.1. The second-order valence-corrected chi connectivity index (χ2v) is 3.51. The number of carboxylic acid groups (broad SMARTS) is 1. The zero-order chi connectivity index (χ0) is 12.7. The van der Waals surface area contributed by atoms with E-state index < -0.39 is 17.9 Å². The van der Waals surface area contributed by atoms with Gasteiger partial charge < -0.3 is 15.2 Å². The maximum Gasteiger partial charge on any atom is 0.326 e. The van der Waals surface area contributed by atoms with E-state index in [0.29, 0.717) is 5.56 Å². The average Bonchev–Trinajstić information content (AvgIpc) is 2.35. The van der Waals surface area contributed by atoms with E-state index in [1.165, 1.54) is 7.11 Å². The molecule has 1 rings (SSSR count). The van der Waals surface area contributed by atoms with Crippen LogP contribution in [0.15, 0.2) is 30.3 Å². The molecule has 1 amide bonds. The van der Waals surface area contributed by atoms with E-state index in [9.17, 15) is 9.59 Å². The largest absolute Gasteiger partial charge is 0.480 e. The van der Waals surface area contributed by atoms with Crippen molar-refractivity contribution in [2.75, 3.05) is 13.7 Å². The van der Waals surface area contributed by atoms with Gasteiger partial charge >= 0.3 is 5.97 Å². The summed E-state index contributed by atoms with van der Waals surface area (Å²) in [6.45, 7) is 0.284. The topological polar surface area (TPSA) is 75.6 Å². The van der Waals surface area contributed by atoms with Gasteiger partial charge in [-0.3, -0.25) is 4.79 Å². The van der Waals surface area contributed by atoms with Crippen molar-refractivity contribution >= 4 is 11.9 Å². The molecule has 5 heteroatoms. The zero-order valence-corrected chi connectivity index (χ0v) is 9.55. The molecule has 17 heavy (non-hydrogen) atoms. The summed E-state index contributed by atoms with van der Waals surface area (Å²) in [5, 5.41) is 11.4. The van der Waals surface area contributed by atoms with Crippen LogP contribution in [0, 0.1) is 0 Å². The van der Waals surface area contributed by atoms with Crippen molar-refractivity contribution in [1.29, 1.82) is 0 Å². The first-order valence-corrected chi connectivity index (χ1v) is 5.23. The van der Waals surface area contributed by atoms with E-state index in [0.717, 1.165) is 0 Å². The molecule has 0 fully saturated rings. The maximum absolute atomic E-state index is 11.7. The molecule has 0 heterocycles. The lowest BCUT2D eigenvalue weighted by Crippen LogP contribution is -2.41. The Morgan fingerprint density at radius 3 is 2.53 bits per heavy atom. The Morgan fingerprint density at radius 1 is 1.35 bits per heavy atom. The number of hydrogen-bond acceptors (Lipinski definition) is 3. The summed E-state index contributed by atoms with van der Waals surface area (Å²) in [7, 11) is 1.48. The number of rotatable bonds is 6. The first-order valence-electron chi connectivity index (χ1n) is 5.23. The summed E-state index contributed by atoms with van der Waals surface area (Å²) in [6.07, 6.45) is 0.240. The molecule has 0 aliphatic heterocycles. The van der Waals surface area contributed by atoms with Gasteiger partial charge in [0.1, 0.15) is 6.04 Å². The SMILES string of the molecule is COCCC(NC(=O)c1ccccc1)C(=O)O. The summed E-state index contributed by atoms with van der Waals surface area (Å²) >= 11 is 0. The predicted octanol–water partition coefficient (Wildman–Crippen LogP) is 0.906.